The second-order valence-corrected chi connectivity index (χ2v) is 7.09. The first-order chi connectivity index (χ1) is 14.2. The number of hydrogen-bond donors (Lipinski definition) is 0. The van der Waals surface area contributed by atoms with E-state index in [1.165, 1.54) is 30.3 Å². The number of benzene rings is 1. The highest BCUT2D eigenvalue weighted by atomic mass is 19.4. The minimum atomic E-state index is -4.79. The molecule has 0 atom stereocenters. The van der Waals surface area contributed by atoms with Gasteiger partial charge in [0.15, 0.2) is 17.1 Å². The SMILES string of the molecule is COc1cccn2c(C(=O)N(CCN(C)C)Cc3ccccc3)c(C(F)(F)F)nc12. The quantitative estimate of drug-likeness (QED) is 0.587. The van der Waals surface area contributed by atoms with E-state index < -0.39 is 23.5 Å². The number of hydrogen-bond acceptors (Lipinski definition) is 4. The van der Waals surface area contributed by atoms with Crippen LogP contribution in [0.2, 0.25) is 0 Å². The number of carbonyl (C=O) groups excluding carboxylic acids is 1. The number of nitrogens with zero attached hydrogens (tertiary/aromatic N) is 4. The van der Waals surface area contributed by atoms with Crippen molar-refractivity contribution in [2.24, 2.45) is 0 Å². The third-order valence-corrected chi connectivity index (χ3v) is 4.63. The Hall–Kier alpha value is -3.07. The second kappa shape index (κ2) is 8.74. The molecule has 0 saturated heterocycles. The number of fused-ring (bicyclic) bond motifs is 1. The predicted octanol–water partition coefficient (Wildman–Crippen LogP) is 3.57. The number of rotatable bonds is 7. The van der Waals surface area contributed by atoms with Crippen LogP contribution in [-0.2, 0) is 12.7 Å². The third kappa shape index (κ3) is 4.56. The predicted molar refractivity (Wildman–Crippen MR) is 106 cm³/mol. The smallest absolute Gasteiger partial charge is 0.435 e. The molecule has 0 N–H and O–H groups in total. The highest BCUT2D eigenvalue weighted by molar-refractivity contribution is 5.95. The standard InChI is InChI=1S/C21H23F3N4O2/c1-26(2)12-13-27(14-15-8-5-4-6-9-15)20(29)17-18(21(22,23)24)25-19-16(30-3)10-7-11-28(17)19/h4-11H,12-14H2,1-3H3. The fourth-order valence-corrected chi connectivity index (χ4v) is 3.13. The van der Waals surface area contributed by atoms with Gasteiger partial charge in [-0.1, -0.05) is 30.3 Å². The molecule has 6 nitrogen and oxygen atoms in total. The van der Waals surface area contributed by atoms with Crippen LogP contribution in [0.4, 0.5) is 13.2 Å². The lowest BCUT2D eigenvalue weighted by Gasteiger charge is -2.25. The molecule has 3 rings (SSSR count). The molecule has 9 heteroatoms. The molecule has 0 aliphatic rings. The molecule has 0 bridgehead atoms. The van der Waals surface area contributed by atoms with Crippen molar-refractivity contribution in [2.45, 2.75) is 12.7 Å². The molecular weight excluding hydrogens is 397 g/mol. The van der Waals surface area contributed by atoms with Gasteiger partial charge in [-0.25, -0.2) is 4.98 Å². The summed E-state index contributed by atoms with van der Waals surface area (Å²) >= 11 is 0. The van der Waals surface area contributed by atoms with Gasteiger partial charge in [-0.3, -0.25) is 9.20 Å². The van der Waals surface area contributed by atoms with Crippen molar-refractivity contribution >= 4 is 11.6 Å². The highest BCUT2D eigenvalue weighted by Crippen LogP contribution is 2.34. The maximum absolute atomic E-state index is 13.8. The summed E-state index contributed by atoms with van der Waals surface area (Å²) in [5.41, 5.74) is -0.974. The van der Waals surface area contributed by atoms with Gasteiger partial charge in [0, 0.05) is 25.8 Å². The maximum Gasteiger partial charge on any atom is 0.435 e. The summed E-state index contributed by atoms with van der Waals surface area (Å²) in [5.74, 6) is -0.585. The van der Waals surface area contributed by atoms with Crippen LogP contribution in [0.15, 0.2) is 48.7 Å². The summed E-state index contributed by atoms with van der Waals surface area (Å²) < 4.78 is 47.7. The number of halogens is 3. The third-order valence-electron chi connectivity index (χ3n) is 4.63. The van der Waals surface area contributed by atoms with Crippen molar-refractivity contribution in [2.75, 3.05) is 34.3 Å². The van der Waals surface area contributed by atoms with Gasteiger partial charge >= 0.3 is 6.18 Å². The topological polar surface area (TPSA) is 50.1 Å². The summed E-state index contributed by atoms with van der Waals surface area (Å²) in [6, 6.07) is 12.2. The monoisotopic (exact) mass is 420 g/mol. The van der Waals surface area contributed by atoms with Gasteiger partial charge in [-0.2, -0.15) is 13.2 Å². The van der Waals surface area contributed by atoms with Crippen LogP contribution in [0.3, 0.4) is 0 Å². The van der Waals surface area contributed by atoms with Crippen LogP contribution in [-0.4, -0.2) is 59.4 Å². The molecule has 30 heavy (non-hydrogen) atoms. The molecule has 0 fully saturated rings. The normalized spacial score (nSPS) is 11.8. The van der Waals surface area contributed by atoms with Crippen LogP contribution in [0, 0.1) is 0 Å². The van der Waals surface area contributed by atoms with Crippen LogP contribution in [0.1, 0.15) is 21.7 Å². The summed E-state index contributed by atoms with van der Waals surface area (Å²) in [7, 11) is 5.02. The van der Waals surface area contributed by atoms with Crippen LogP contribution >= 0.6 is 0 Å². The van der Waals surface area contributed by atoms with E-state index in [9.17, 15) is 18.0 Å². The Morgan fingerprint density at radius 2 is 1.80 bits per heavy atom. The number of imidazole rings is 1. The van der Waals surface area contributed by atoms with Crippen LogP contribution < -0.4 is 4.74 Å². The van der Waals surface area contributed by atoms with Crippen molar-refractivity contribution in [1.29, 1.82) is 0 Å². The first kappa shape index (κ1) is 21.6. The van der Waals surface area contributed by atoms with E-state index in [1.54, 1.807) is 0 Å². The first-order valence-corrected chi connectivity index (χ1v) is 9.32. The summed E-state index contributed by atoms with van der Waals surface area (Å²) in [6.07, 6.45) is -3.40. The molecule has 160 valence electrons. The van der Waals surface area contributed by atoms with Gasteiger partial charge in [-0.05, 0) is 31.8 Å². The molecule has 3 aromatic rings. The molecule has 2 heterocycles. The molecule has 0 unspecified atom stereocenters. The molecular formula is C21H23F3N4O2. The van der Waals surface area contributed by atoms with E-state index in [2.05, 4.69) is 4.98 Å². The molecule has 0 saturated carbocycles. The van der Waals surface area contributed by atoms with E-state index in [0.717, 1.165) is 9.96 Å². The fourth-order valence-electron chi connectivity index (χ4n) is 3.13. The van der Waals surface area contributed by atoms with E-state index in [1.807, 2.05) is 49.3 Å². The fraction of sp³-hybridized carbons (Fsp3) is 0.333. The average Bonchev–Trinajstić information content (AvgIpc) is 3.11. The van der Waals surface area contributed by atoms with E-state index in [0.29, 0.717) is 6.54 Å². The molecule has 2 aromatic heterocycles. The summed E-state index contributed by atoms with van der Waals surface area (Å²) in [6.45, 7) is 0.942. The lowest BCUT2D eigenvalue weighted by atomic mass is 10.2. The van der Waals surface area contributed by atoms with Crippen molar-refractivity contribution in [3.05, 3.63) is 65.6 Å². The molecule has 0 radical (unpaired) electrons. The van der Waals surface area contributed by atoms with E-state index in [4.69, 9.17) is 4.74 Å². The molecule has 0 aliphatic heterocycles. The number of carbonyl (C=O) groups is 1. The average molecular weight is 420 g/mol. The van der Waals surface area contributed by atoms with Gasteiger partial charge in [0.2, 0.25) is 0 Å². The van der Waals surface area contributed by atoms with Gasteiger partial charge in [0.05, 0.1) is 7.11 Å². The zero-order valence-corrected chi connectivity index (χ0v) is 17.0. The number of methoxy groups -OCH3 is 1. The van der Waals surface area contributed by atoms with Gasteiger partial charge in [0.25, 0.3) is 5.91 Å². The minimum Gasteiger partial charge on any atom is -0.493 e. The Labute approximate surface area is 172 Å². The van der Waals surface area contributed by atoms with E-state index in [-0.39, 0.29) is 24.5 Å². The Balaban J connectivity index is 2.10. The number of aromatic nitrogens is 2. The van der Waals surface area contributed by atoms with Gasteiger partial charge < -0.3 is 14.5 Å². The minimum absolute atomic E-state index is 0.0528. The Bertz CT molecular complexity index is 1020. The maximum atomic E-state index is 13.8. The lowest BCUT2D eigenvalue weighted by molar-refractivity contribution is -0.141. The lowest BCUT2D eigenvalue weighted by Crippen LogP contribution is -2.37. The largest absolute Gasteiger partial charge is 0.493 e. The van der Waals surface area contributed by atoms with Gasteiger partial charge in [-0.15, -0.1) is 0 Å². The molecule has 1 aromatic carbocycles. The number of ether oxygens (including phenoxy) is 1. The van der Waals surface area contributed by atoms with Crippen molar-refractivity contribution in [3.8, 4) is 5.75 Å². The zero-order chi connectivity index (χ0) is 21.9. The van der Waals surface area contributed by atoms with Gasteiger partial charge in [0.1, 0.15) is 5.69 Å². The summed E-state index contributed by atoms with van der Waals surface area (Å²) in [4.78, 5) is 20.4. The number of alkyl halides is 3. The molecule has 1 amide bonds. The number of likely N-dealkylation sites (N-methyl/N-ethyl adjacent to an activating group) is 1. The Morgan fingerprint density at radius 1 is 1.10 bits per heavy atom. The number of amides is 1. The van der Waals surface area contributed by atoms with Crippen LogP contribution in [0.5, 0.6) is 5.75 Å². The number of pyridine rings is 1. The van der Waals surface area contributed by atoms with Crippen molar-refractivity contribution in [3.63, 3.8) is 0 Å². The van der Waals surface area contributed by atoms with Crippen molar-refractivity contribution in [1.82, 2.24) is 19.2 Å². The zero-order valence-electron chi connectivity index (χ0n) is 17.0. The molecule has 0 aliphatic carbocycles. The second-order valence-electron chi connectivity index (χ2n) is 7.09. The Kier molecular flexibility index (Phi) is 6.31. The summed E-state index contributed by atoms with van der Waals surface area (Å²) in [5, 5.41) is 0. The first-order valence-electron chi connectivity index (χ1n) is 9.32. The van der Waals surface area contributed by atoms with E-state index >= 15 is 0 Å². The highest BCUT2D eigenvalue weighted by Gasteiger charge is 2.41. The van der Waals surface area contributed by atoms with Crippen LogP contribution in [0.25, 0.3) is 5.65 Å². The molecule has 0 spiro atoms. The van der Waals surface area contributed by atoms with Crippen molar-refractivity contribution < 1.29 is 22.7 Å². The Morgan fingerprint density at radius 3 is 2.40 bits per heavy atom.